The first kappa shape index (κ1) is 23.3. The zero-order valence-corrected chi connectivity index (χ0v) is 19.1. The Balaban J connectivity index is 1.57. The standard InChI is InChI=1S/C25H22ClFN4O3/c1-15(12-28)34-24-10-19-21(11-23(24)32-2)29-14-30-25(19)31-18-6-7-22(20(26)9-18)33-13-16-4-3-5-17(27)8-16/h3-11,14H,1,12-13,28H2,2H3,(H,29,30,31). The lowest BCUT2D eigenvalue weighted by molar-refractivity contribution is 0.306. The van der Waals surface area contributed by atoms with E-state index in [1.807, 2.05) is 0 Å². The van der Waals surface area contributed by atoms with Crippen LogP contribution in [0.1, 0.15) is 5.56 Å². The summed E-state index contributed by atoms with van der Waals surface area (Å²) in [5, 5.41) is 4.34. The summed E-state index contributed by atoms with van der Waals surface area (Å²) in [6, 6.07) is 15.0. The highest BCUT2D eigenvalue weighted by molar-refractivity contribution is 6.32. The highest BCUT2D eigenvalue weighted by atomic mass is 35.5. The Hall–Kier alpha value is -3.88. The number of hydrogen-bond donors (Lipinski definition) is 2. The number of nitrogens with one attached hydrogen (secondary N) is 1. The van der Waals surface area contributed by atoms with Crippen LogP contribution >= 0.6 is 11.6 Å². The van der Waals surface area contributed by atoms with Crippen LogP contribution in [0.3, 0.4) is 0 Å². The molecule has 0 saturated heterocycles. The maximum Gasteiger partial charge on any atom is 0.169 e. The summed E-state index contributed by atoms with van der Waals surface area (Å²) in [4.78, 5) is 8.68. The van der Waals surface area contributed by atoms with E-state index in [1.54, 1.807) is 49.6 Å². The van der Waals surface area contributed by atoms with Gasteiger partial charge in [0.2, 0.25) is 0 Å². The van der Waals surface area contributed by atoms with E-state index in [9.17, 15) is 4.39 Å². The van der Waals surface area contributed by atoms with Gasteiger partial charge in [0.15, 0.2) is 11.5 Å². The number of halogens is 2. The molecule has 0 radical (unpaired) electrons. The van der Waals surface area contributed by atoms with Crippen molar-refractivity contribution in [2.24, 2.45) is 5.73 Å². The van der Waals surface area contributed by atoms with Crippen LogP contribution in [0.2, 0.25) is 5.02 Å². The van der Waals surface area contributed by atoms with E-state index in [4.69, 9.17) is 31.5 Å². The van der Waals surface area contributed by atoms with Crippen molar-refractivity contribution < 1.29 is 18.6 Å². The summed E-state index contributed by atoms with van der Waals surface area (Å²) >= 11 is 6.42. The van der Waals surface area contributed by atoms with Crippen LogP contribution in [-0.2, 0) is 6.61 Å². The molecule has 3 aromatic carbocycles. The van der Waals surface area contributed by atoms with E-state index < -0.39 is 0 Å². The van der Waals surface area contributed by atoms with E-state index in [0.717, 1.165) is 0 Å². The highest BCUT2D eigenvalue weighted by Gasteiger charge is 2.13. The summed E-state index contributed by atoms with van der Waals surface area (Å²) in [6.45, 7) is 4.14. The highest BCUT2D eigenvalue weighted by Crippen LogP contribution is 2.36. The molecule has 34 heavy (non-hydrogen) atoms. The Morgan fingerprint density at radius 2 is 1.94 bits per heavy atom. The number of nitrogens with zero attached hydrogens (tertiary/aromatic N) is 2. The summed E-state index contributed by atoms with van der Waals surface area (Å²) in [7, 11) is 1.54. The molecule has 1 aromatic heterocycles. The number of ether oxygens (including phenoxy) is 3. The number of anilines is 2. The smallest absolute Gasteiger partial charge is 0.169 e. The van der Waals surface area contributed by atoms with Crippen molar-refractivity contribution >= 4 is 34.0 Å². The Bertz CT molecular complexity index is 1350. The van der Waals surface area contributed by atoms with Crippen molar-refractivity contribution in [3.8, 4) is 17.2 Å². The molecule has 9 heteroatoms. The van der Waals surface area contributed by atoms with Crippen molar-refractivity contribution in [3.05, 3.63) is 89.7 Å². The van der Waals surface area contributed by atoms with Gasteiger partial charge >= 0.3 is 0 Å². The van der Waals surface area contributed by atoms with E-state index in [-0.39, 0.29) is 19.0 Å². The zero-order chi connectivity index (χ0) is 24.1. The lowest BCUT2D eigenvalue weighted by Gasteiger charge is -2.15. The van der Waals surface area contributed by atoms with E-state index >= 15 is 0 Å². The molecule has 4 aromatic rings. The number of fused-ring (bicyclic) bond motifs is 1. The fraction of sp³-hybridized carbons (Fsp3) is 0.120. The van der Waals surface area contributed by atoms with E-state index in [1.165, 1.54) is 18.5 Å². The van der Waals surface area contributed by atoms with Gasteiger partial charge in [-0.05, 0) is 42.0 Å². The fourth-order valence-corrected chi connectivity index (χ4v) is 3.46. The first-order valence-electron chi connectivity index (χ1n) is 10.3. The maximum atomic E-state index is 13.4. The maximum absolute atomic E-state index is 13.4. The molecule has 4 rings (SSSR count). The van der Waals surface area contributed by atoms with Crippen LogP contribution in [0.5, 0.6) is 17.2 Å². The number of rotatable bonds is 9. The summed E-state index contributed by atoms with van der Waals surface area (Å²) in [6.07, 6.45) is 1.45. The molecule has 7 nitrogen and oxygen atoms in total. The van der Waals surface area contributed by atoms with Crippen molar-refractivity contribution in [3.63, 3.8) is 0 Å². The number of nitrogens with two attached hydrogens (primary N) is 1. The number of methoxy groups -OCH3 is 1. The van der Waals surface area contributed by atoms with Gasteiger partial charge in [-0.3, -0.25) is 0 Å². The lowest BCUT2D eigenvalue weighted by atomic mass is 10.2. The third kappa shape index (κ3) is 5.36. The summed E-state index contributed by atoms with van der Waals surface area (Å²) in [5.74, 6) is 2.04. The number of hydrogen-bond acceptors (Lipinski definition) is 7. The molecule has 3 N–H and O–H groups in total. The van der Waals surface area contributed by atoms with Gasteiger partial charge in [-0.1, -0.05) is 30.3 Å². The zero-order valence-electron chi connectivity index (χ0n) is 18.3. The van der Waals surface area contributed by atoms with Gasteiger partial charge in [0, 0.05) is 17.1 Å². The second kappa shape index (κ2) is 10.4. The van der Waals surface area contributed by atoms with Crippen LogP contribution in [0.15, 0.2) is 73.3 Å². The van der Waals surface area contributed by atoms with Gasteiger partial charge in [-0.2, -0.15) is 0 Å². The molecule has 0 atom stereocenters. The monoisotopic (exact) mass is 480 g/mol. The first-order chi connectivity index (χ1) is 16.5. The average Bonchev–Trinajstić information content (AvgIpc) is 2.83. The Kier molecular flexibility index (Phi) is 7.10. The van der Waals surface area contributed by atoms with E-state index in [0.29, 0.717) is 56.0 Å². The topological polar surface area (TPSA) is 91.5 Å². The molecule has 0 spiro atoms. The predicted molar refractivity (Wildman–Crippen MR) is 130 cm³/mol. The van der Waals surface area contributed by atoms with Crippen LogP contribution in [-0.4, -0.2) is 23.6 Å². The van der Waals surface area contributed by atoms with Crippen molar-refractivity contribution in [2.75, 3.05) is 19.0 Å². The summed E-state index contributed by atoms with van der Waals surface area (Å²) in [5.41, 5.74) is 7.65. The van der Waals surface area contributed by atoms with Crippen LogP contribution in [0.4, 0.5) is 15.9 Å². The third-order valence-electron chi connectivity index (χ3n) is 4.88. The molecule has 0 fully saturated rings. The van der Waals surface area contributed by atoms with Gasteiger partial charge in [-0.25, -0.2) is 14.4 Å². The second-order valence-electron chi connectivity index (χ2n) is 7.28. The summed E-state index contributed by atoms with van der Waals surface area (Å²) < 4.78 is 30.2. The fourth-order valence-electron chi connectivity index (χ4n) is 3.22. The number of aromatic nitrogens is 2. The van der Waals surface area contributed by atoms with Crippen molar-refractivity contribution in [1.29, 1.82) is 0 Å². The Morgan fingerprint density at radius 1 is 1.09 bits per heavy atom. The van der Waals surface area contributed by atoms with Crippen LogP contribution in [0.25, 0.3) is 10.9 Å². The first-order valence-corrected chi connectivity index (χ1v) is 10.7. The molecular formula is C25H22ClFN4O3. The largest absolute Gasteiger partial charge is 0.493 e. The molecule has 0 aliphatic carbocycles. The molecule has 0 unspecified atom stereocenters. The minimum Gasteiger partial charge on any atom is -0.493 e. The van der Waals surface area contributed by atoms with Gasteiger partial charge in [-0.15, -0.1) is 0 Å². The molecule has 1 heterocycles. The molecule has 0 aliphatic heterocycles. The minimum absolute atomic E-state index is 0.170. The molecule has 0 aliphatic rings. The number of benzene rings is 3. The minimum atomic E-state index is -0.317. The van der Waals surface area contributed by atoms with Gasteiger partial charge in [0.05, 0.1) is 24.2 Å². The molecular weight excluding hydrogens is 459 g/mol. The van der Waals surface area contributed by atoms with Crippen LogP contribution < -0.4 is 25.3 Å². The molecule has 0 saturated carbocycles. The molecule has 174 valence electrons. The Labute approximate surface area is 201 Å². The molecule has 0 bridgehead atoms. The van der Waals surface area contributed by atoms with Gasteiger partial charge < -0.3 is 25.3 Å². The quantitative estimate of drug-likeness (QED) is 0.301. The van der Waals surface area contributed by atoms with E-state index in [2.05, 4.69) is 21.9 Å². The third-order valence-corrected chi connectivity index (χ3v) is 5.18. The lowest BCUT2D eigenvalue weighted by Crippen LogP contribution is -2.08. The van der Waals surface area contributed by atoms with Crippen LogP contribution in [0, 0.1) is 5.82 Å². The Morgan fingerprint density at radius 3 is 2.68 bits per heavy atom. The molecule has 0 amide bonds. The predicted octanol–water partition coefficient (Wildman–Crippen LogP) is 5.60. The average molecular weight is 481 g/mol. The second-order valence-corrected chi connectivity index (χ2v) is 7.68. The normalized spacial score (nSPS) is 10.7. The van der Waals surface area contributed by atoms with Gasteiger partial charge in [0.1, 0.15) is 36.1 Å². The van der Waals surface area contributed by atoms with Gasteiger partial charge in [0.25, 0.3) is 0 Å². The SMILES string of the molecule is C=C(CN)Oc1cc2c(Nc3ccc(OCc4cccc(F)c4)c(Cl)c3)ncnc2cc1OC. The van der Waals surface area contributed by atoms with Crippen molar-refractivity contribution in [2.45, 2.75) is 6.61 Å². The van der Waals surface area contributed by atoms with Crippen molar-refractivity contribution in [1.82, 2.24) is 9.97 Å².